The van der Waals surface area contributed by atoms with Crippen molar-refractivity contribution in [2.24, 2.45) is 5.92 Å². The summed E-state index contributed by atoms with van der Waals surface area (Å²) in [5, 5.41) is 10.0. The van der Waals surface area contributed by atoms with E-state index in [2.05, 4.69) is 17.3 Å². The molecule has 1 saturated carbocycles. The zero-order chi connectivity index (χ0) is 17.9. The smallest absolute Gasteiger partial charge is 0.191 e. The molecule has 0 aliphatic heterocycles. The van der Waals surface area contributed by atoms with Crippen LogP contribution in [0.2, 0.25) is 0 Å². The molecule has 0 bridgehead atoms. The van der Waals surface area contributed by atoms with Crippen LogP contribution in [0.1, 0.15) is 39.0 Å². The molecule has 0 spiro atoms. The fourth-order valence-electron chi connectivity index (χ4n) is 3.82. The Morgan fingerprint density at radius 1 is 1.12 bits per heavy atom. The molecule has 136 valence electrons. The van der Waals surface area contributed by atoms with Gasteiger partial charge >= 0.3 is 0 Å². The molecule has 6 heteroatoms. The molecule has 0 amide bonds. The standard InChI is InChI=1S/C20H25N5S/c1-14(15-9-5-3-6-10-15)22-18-17-13-21-25(16-11-7-4-8-12-16)19(17)24-20(23-18)26-2/h4,7-8,11-15H,3,5-6,9-10H2,1-2H3,(H,22,23,24)/t14-/m1/s1. The van der Waals surface area contributed by atoms with Gasteiger partial charge in [-0.15, -0.1) is 0 Å². The van der Waals surface area contributed by atoms with E-state index in [9.17, 15) is 0 Å². The molecular weight excluding hydrogens is 342 g/mol. The third kappa shape index (κ3) is 3.43. The van der Waals surface area contributed by atoms with Crippen LogP contribution in [0.25, 0.3) is 16.7 Å². The molecule has 2 aromatic heterocycles. The zero-order valence-electron chi connectivity index (χ0n) is 15.4. The third-order valence-corrected chi connectivity index (χ3v) is 5.86. The molecule has 2 heterocycles. The first-order chi connectivity index (χ1) is 12.8. The summed E-state index contributed by atoms with van der Waals surface area (Å²) in [6.07, 6.45) is 10.6. The molecule has 3 aromatic rings. The number of rotatable bonds is 5. The van der Waals surface area contributed by atoms with Gasteiger partial charge in [-0.3, -0.25) is 0 Å². The molecule has 26 heavy (non-hydrogen) atoms. The number of aromatic nitrogens is 4. The highest BCUT2D eigenvalue weighted by Crippen LogP contribution is 2.30. The average molecular weight is 368 g/mol. The van der Waals surface area contributed by atoms with Crippen LogP contribution in [0.3, 0.4) is 0 Å². The molecule has 0 unspecified atom stereocenters. The lowest BCUT2D eigenvalue weighted by atomic mass is 9.84. The van der Waals surface area contributed by atoms with Crippen molar-refractivity contribution in [2.75, 3.05) is 11.6 Å². The Morgan fingerprint density at radius 3 is 2.62 bits per heavy atom. The van der Waals surface area contributed by atoms with Crippen molar-refractivity contribution in [3.8, 4) is 5.69 Å². The van der Waals surface area contributed by atoms with Gasteiger partial charge in [-0.1, -0.05) is 49.2 Å². The van der Waals surface area contributed by atoms with Crippen LogP contribution < -0.4 is 5.32 Å². The minimum absolute atomic E-state index is 0.406. The fraction of sp³-hybridized carbons (Fsp3) is 0.450. The van der Waals surface area contributed by atoms with E-state index < -0.39 is 0 Å². The number of hydrogen-bond donors (Lipinski definition) is 1. The number of nitrogens with zero attached hydrogens (tertiary/aromatic N) is 4. The summed E-state index contributed by atoms with van der Waals surface area (Å²) < 4.78 is 1.90. The Bertz CT molecular complexity index is 871. The summed E-state index contributed by atoms with van der Waals surface area (Å²) in [6, 6.07) is 10.5. The monoisotopic (exact) mass is 367 g/mol. The largest absolute Gasteiger partial charge is 0.367 e. The third-order valence-electron chi connectivity index (χ3n) is 5.31. The minimum Gasteiger partial charge on any atom is -0.367 e. The van der Waals surface area contributed by atoms with Gasteiger partial charge in [-0.05, 0) is 44.1 Å². The zero-order valence-corrected chi connectivity index (χ0v) is 16.2. The van der Waals surface area contributed by atoms with Crippen molar-refractivity contribution in [2.45, 2.75) is 50.2 Å². The van der Waals surface area contributed by atoms with Crippen molar-refractivity contribution in [3.63, 3.8) is 0 Å². The summed E-state index contributed by atoms with van der Waals surface area (Å²) in [6.45, 7) is 2.28. The molecule has 1 aromatic carbocycles. The van der Waals surface area contributed by atoms with Crippen LogP contribution in [-0.2, 0) is 0 Å². The Labute approximate surface area is 158 Å². The number of benzene rings is 1. The molecule has 1 N–H and O–H groups in total. The number of fused-ring (bicyclic) bond motifs is 1. The van der Waals surface area contributed by atoms with E-state index in [-0.39, 0.29) is 0 Å². The van der Waals surface area contributed by atoms with Crippen molar-refractivity contribution in [1.82, 2.24) is 19.7 Å². The van der Waals surface area contributed by atoms with E-state index in [1.165, 1.54) is 32.1 Å². The quantitative estimate of drug-likeness (QED) is 0.512. The number of anilines is 1. The van der Waals surface area contributed by atoms with Gasteiger partial charge in [0.25, 0.3) is 0 Å². The first-order valence-corrected chi connectivity index (χ1v) is 10.6. The number of para-hydroxylation sites is 1. The molecule has 1 aliphatic carbocycles. The number of nitrogens with one attached hydrogen (secondary N) is 1. The maximum Gasteiger partial charge on any atom is 0.191 e. The fourth-order valence-corrected chi connectivity index (χ4v) is 4.18. The molecule has 1 atom stereocenters. The molecular formula is C20H25N5S. The summed E-state index contributed by atoms with van der Waals surface area (Å²) in [5.41, 5.74) is 1.87. The van der Waals surface area contributed by atoms with Gasteiger partial charge in [0.1, 0.15) is 5.82 Å². The molecule has 5 nitrogen and oxygen atoms in total. The average Bonchev–Trinajstić information content (AvgIpc) is 3.13. The Morgan fingerprint density at radius 2 is 1.88 bits per heavy atom. The normalized spacial score (nSPS) is 16.7. The summed E-state index contributed by atoms with van der Waals surface area (Å²) in [7, 11) is 0. The van der Waals surface area contributed by atoms with E-state index in [1.807, 2.05) is 47.5 Å². The second-order valence-electron chi connectivity index (χ2n) is 7.02. The van der Waals surface area contributed by atoms with E-state index in [0.717, 1.165) is 33.6 Å². The van der Waals surface area contributed by atoms with Crippen molar-refractivity contribution in [3.05, 3.63) is 36.5 Å². The number of hydrogen-bond acceptors (Lipinski definition) is 5. The van der Waals surface area contributed by atoms with E-state index in [0.29, 0.717) is 6.04 Å². The summed E-state index contributed by atoms with van der Waals surface area (Å²) >= 11 is 1.56. The van der Waals surface area contributed by atoms with Crippen LogP contribution in [-0.4, -0.2) is 32.0 Å². The van der Waals surface area contributed by atoms with Crippen molar-refractivity contribution in [1.29, 1.82) is 0 Å². The van der Waals surface area contributed by atoms with Crippen LogP contribution >= 0.6 is 11.8 Å². The van der Waals surface area contributed by atoms with Crippen LogP contribution in [0, 0.1) is 5.92 Å². The maximum absolute atomic E-state index is 4.75. The van der Waals surface area contributed by atoms with Gasteiger partial charge in [0.05, 0.1) is 17.3 Å². The van der Waals surface area contributed by atoms with Gasteiger partial charge in [0.15, 0.2) is 10.8 Å². The van der Waals surface area contributed by atoms with Gasteiger partial charge in [0, 0.05) is 6.04 Å². The topological polar surface area (TPSA) is 55.6 Å². The maximum atomic E-state index is 4.75. The predicted molar refractivity (Wildman–Crippen MR) is 108 cm³/mol. The first kappa shape index (κ1) is 17.3. The second-order valence-corrected chi connectivity index (χ2v) is 7.79. The van der Waals surface area contributed by atoms with Crippen LogP contribution in [0.5, 0.6) is 0 Å². The van der Waals surface area contributed by atoms with Crippen molar-refractivity contribution < 1.29 is 0 Å². The highest BCUT2D eigenvalue weighted by Gasteiger charge is 2.22. The van der Waals surface area contributed by atoms with E-state index >= 15 is 0 Å². The second kappa shape index (κ2) is 7.66. The molecule has 0 radical (unpaired) electrons. The molecule has 1 aliphatic rings. The Hall–Kier alpha value is -2.08. The lowest BCUT2D eigenvalue weighted by Crippen LogP contribution is -2.28. The van der Waals surface area contributed by atoms with Gasteiger partial charge in [-0.2, -0.15) is 5.10 Å². The van der Waals surface area contributed by atoms with E-state index in [4.69, 9.17) is 9.97 Å². The SMILES string of the molecule is CSc1nc(N[C@H](C)C2CCCCC2)c2cnn(-c3ccccc3)c2n1. The van der Waals surface area contributed by atoms with Gasteiger partial charge in [-0.25, -0.2) is 14.6 Å². The van der Waals surface area contributed by atoms with Crippen LogP contribution in [0.15, 0.2) is 41.7 Å². The minimum atomic E-state index is 0.406. The number of thioether (sulfide) groups is 1. The molecule has 4 rings (SSSR count). The molecule has 0 saturated heterocycles. The van der Waals surface area contributed by atoms with Crippen LogP contribution in [0.4, 0.5) is 5.82 Å². The summed E-state index contributed by atoms with van der Waals surface area (Å²) in [5.74, 6) is 1.62. The van der Waals surface area contributed by atoms with Gasteiger partial charge < -0.3 is 5.32 Å². The van der Waals surface area contributed by atoms with E-state index in [1.54, 1.807) is 11.8 Å². The Kier molecular flexibility index (Phi) is 5.11. The van der Waals surface area contributed by atoms with Crippen molar-refractivity contribution >= 4 is 28.6 Å². The van der Waals surface area contributed by atoms with Gasteiger partial charge in [0.2, 0.25) is 0 Å². The first-order valence-electron chi connectivity index (χ1n) is 9.38. The highest BCUT2D eigenvalue weighted by molar-refractivity contribution is 7.98. The highest BCUT2D eigenvalue weighted by atomic mass is 32.2. The summed E-state index contributed by atoms with van der Waals surface area (Å²) in [4.78, 5) is 9.47. The Balaban J connectivity index is 1.71. The predicted octanol–water partition coefficient (Wildman–Crippen LogP) is 4.92. The molecule has 1 fully saturated rings. The lowest BCUT2D eigenvalue weighted by molar-refractivity contribution is 0.328. The lowest BCUT2D eigenvalue weighted by Gasteiger charge is -2.28.